The molecular weight excluding hydrogens is 306 g/mol. The number of fused-ring (bicyclic) bond motifs is 1. The molecule has 3 rings (SSSR count). The van der Waals surface area contributed by atoms with Crippen molar-refractivity contribution in [1.82, 2.24) is 15.0 Å². The molecular formula is C17H19N5O2. The van der Waals surface area contributed by atoms with Gasteiger partial charge in [-0.25, -0.2) is 4.98 Å². The third-order valence-electron chi connectivity index (χ3n) is 3.71. The second kappa shape index (κ2) is 6.57. The van der Waals surface area contributed by atoms with Gasteiger partial charge in [0.2, 0.25) is 5.95 Å². The van der Waals surface area contributed by atoms with Gasteiger partial charge in [0.15, 0.2) is 11.5 Å². The summed E-state index contributed by atoms with van der Waals surface area (Å²) >= 11 is 0. The van der Waals surface area contributed by atoms with Gasteiger partial charge in [-0.15, -0.1) is 0 Å². The Bertz CT molecular complexity index is 854. The predicted octanol–water partition coefficient (Wildman–Crippen LogP) is 2.80. The topological polar surface area (TPSA) is 95.2 Å². The number of nitrogen functional groups attached to an aromatic ring is 1. The number of methoxy groups -OCH3 is 2. The first-order chi connectivity index (χ1) is 11.6. The average Bonchev–Trinajstić information content (AvgIpc) is 2.61. The SMILES string of the molecule is COc1cc2nc(N[C@@H](C)c3ccccn3)nc(N)c2cc1OC. The number of hydrogen-bond donors (Lipinski definition) is 2. The van der Waals surface area contributed by atoms with Gasteiger partial charge in [0, 0.05) is 17.6 Å². The molecule has 2 aromatic heterocycles. The van der Waals surface area contributed by atoms with Crippen LogP contribution in [0.15, 0.2) is 36.5 Å². The van der Waals surface area contributed by atoms with Gasteiger partial charge in [-0.1, -0.05) is 6.07 Å². The molecule has 0 fully saturated rings. The van der Waals surface area contributed by atoms with Crippen LogP contribution in [0.25, 0.3) is 10.9 Å². The fourth-order valence-corrected chi connectivity index (χ4v) is 2.44. The number of benzene rings is 1. The van der Waals surface area contributed by atoms with Crippen LogP contribution in [0.5, 0.6) is 11.5 Å². The normalized spacial score (nSPS) is 12.0. The van der Waals surface area contributed by atoms with Gasteiger partial charge < -0.3 is 20.5 Å². The number of nitrogens with zero attached hydrogens (tertiary/aromatic N) is 3. The number of aromatic nitrogens is 3. The van der Waals surface area contributed by atoms with Crippen LogP contribution in [0.2, 0.25) is 0 Å². The van der Waals surface area contributed by atoms with Gasteiger partial charge in [0.1, 0.15) is 5.82 Å². The lowest BCUT2D eigenvalue weighted by Gasteiger charge is -2.15. The number of pyridine rings is 1. The number of nitrogens with two attached hydrogens (primary N) is 1. The van der Waals surface area contributed by atoms with E-state index in [0.717, 1.165) is 5.69 Å². The van der Waals surface area contributed by atoms with Crippen molar-refractivity contribution in [1.29, 1.82) is 0 Å². The van der Waals surface area contributed by atoms with Crippen LogP contribution in [0, 0.1) is 0 Å². The van der Waals surface area contributed by atoms with E-state index >= 15 is 0 Å². The van der Waals surface area contributed by atoms with Crippen molar-refractivity contribution in [2.45, 2.75) is 13.0 Å². The summed E-state index contributed by atoms with van der Waals surface area (Å²) in [6.07, 6.45) is 1.75. The van der Waals surface area contributed by atoms with E-state index in [2.05, 4.69) is 20.3 Å². The molecule has 0 spiro atoms. The Labute approximate surface area is 139 Å². The number of hydrogen-bond acceptors (Lipinski definition) is 7. The number of anilines is 2. The van der Waals surface area contributed by atoms with Crippen molar-refractivity contribution in [3.63, 3.8) is 0 Å². The maximum atomic E-state index is 6.08. The van der Waals surface area contributed by atoms with Crippen LogP contribution >= 0.6 is 0 Å². The van der Waals surface area contributed by atoms with E-state index in [9.17, 15) is 0 Å². The zero-order valence-corrected chi connectivity index (χ0v) is 13.8. The van der Waals surface area contributed by atoms with Crippen molar-refractivity contribution in [3.8, 4) is 11.5 Å². The summed E-state index contributed by atoms with van der Waals surface area (Å²) in [5.41, 5.74) is 7.66. The first kappa shape index (κ1) is 15.8. The van der Waals surface area contributed by atoms with Gasteiger partial charge in [0.05, 0.1) is 31.5 Å². The van der Waals surface area contributed by atoms with E-state index < -0.39 is 0 Å². The van der Waals surface area contributed by atoms with Crippen molar-refractivity contribution >= 4 is 22.7 Å². The average molecular weight is 325 g/mol. The minimum atomic E-state index is -0.0526. The summed E-state index contributed by atoms with van der Waals surface area (Å²) in [5.74, 6) is 1.98. The molecule has 0 aliphatic heterocycles. The highest BCUT2D eigenvalue weighted by Gasteiger charge is 2.13. The maximum absolute atomic E-state index is 6.08. The minimum absolute atomic E-state index is 0.0526. The van der Waals surface area contributed by atoms with Gasteiger partial charge in [0.25, 0.3) is 0 Å². The molecule has 3 N–H and O–H groups in total. The molecule has 0 aliphatic rings. The molecule has 1 aromatic carbocycles. The van der Waals surface area contributed by atoms with Crippen LogP contribution in [-0.2, 0) is 0 Å². The fourth-order valence-electron chi connectivity index (χ4n) is 2.44. The molecule has 7 nitrogen and oxygen atoms in total. The Hall–Kier alpha value is -3.09. The number of rotatable bonds is 5. The summed E-state index contributed by atoms with van der Waals surface area (Å²) in [7, 11) is 3.15. The monoisotopic (exact) mass is 325 g/mol. The van der Waals surface area contributed by atoms with Gasteiger partial charge in [-0.2, -0.15) is 4.98 Å². The van der Waals surface area contributed by atoms with E-state index in [4.69, 9.17) is 15.2 Å². The molecule has 24 heavy (non-hydrogen) atoms. The molecule has 0 aliphatic carbocycles. The summed E-state index contributed by atoms with van der Waals surface area (Å²) < 4.78 is 10.6. The standard InChI is InChI=1S/C17H19N5O2/c1-10(12-6-4-5-7-19-12)20-17-21-13-9-15(24-3)14(23-2)8-11(13)16(18)22-17/h4-10H,1-3H3,(H3,18,20,21,22)/t10-/m0/s1. The Morgan fingerprint density at radius 1 is 1.08 bits per heavy atom. The lowest BCUT2D eigenvalue weighted by atomic mass is 10.2. The summed E-state index contributed by atoms with van der Waals surface area (Å²) in [5, 5.41) is 3.93. The molecule has 0 saturated carbocycles. The first-order valence-corrected chi connectivity index (χ1v) is 7.49. The molecule has 124 valence electrons. The molecule has 0 radical (unpaired) electrons. The van der Waals surface area contributed by atoms with Crippen molar-refractivity contribution in [3.05, 3.63) is 42.2 Å². The summed E-state index contributed by atoms with van der Waals surface area (Å²) in [4.78, 5) is 13.2. The van der Waals surface area contributed by atoms with Crippen molar-refractivity contribution < 1.29 is 9.47 Å². The molecule has 7 heteroatoms. The number of nitrogens with one attached hydrogen (secondary N) is 1. The Balaban J connectivity index is 1.98. The zero-order chi connectivity index (χ0) is 17.1. The molecule has 1 atom stereocenters. The lowest BCUT2D eigenvalue weighted by Crippen LogP contribution is -2.11. The van der Waals surface area contributed by atoms with Gasteiger partial charge >= 0.3 is 0 Å². The quantitative estimate of drug-likeness (QED) is 0.744. The zero-order valence-electron chi connectivity index (χ0n) is 13.8. The van der Waals surface area contributed by atoms with E-state index in [1.807, 2.05) is 25.1 Å². The highest BCUT2D eigenvalue weighted by atomic mass is 16.5. The number of ether oxygens (including phenoxy) is 2. The second-order valence-corrected chi connectivity index (χ2v) is 5.28. The van der Waals surface area contributed by atoms with Crippen LogP contribution in [-0.4, -0.2) is 29.2 Å². The highest BCUT2D eigenvalue weighted by molar-refractivity contribution is 5.91. The molecule has 2 heterocycles. The lowest BCUT2D eigenvalue weighted by molar-refractivity contribution is 0.356. The Morgan fingerprint density at radius 2 is 1.83 bits per heavy atom. The van der Waals surface area contributed by atoms with Gasteiger partial charge in [-0.3, -0.25) is 4.98 Å². The van der Waals surface area contributed by atoms with Crippen LogP contribution < -0.4 is 20.5 Å². The first-order valence-electron chi connectivity index (χ1n) is 7.49. The summed E-state index contributed by atoms with van der Waals surface area (Å²) in [6.45, 7) is 1.99. The van der Waals surface area contributed by atoms with Crippen LogP contribution in [0.1, 0.15) is 18.7 Å². The third-order valence-corrected chi connectivity index (χ3v) is 3.71. The van der Waals surface area contributed by atoms with Crippen LogP contribution in [0.3, 0.4) is 0 Å². The minimum Gasteiger partial charge on any atom is -0.493 e. The Morgan fingerprint density at radius 3 is 2.50 bits per heavy atom. The van der Waals surface area contributed by atoms with Crippen LogP contribution in [0.4, 0.5) is 11.8 Å². The third kappa shape index (κ3) is 3.01. The smallest absolute Gasteiger partial charge is 0.225 e. The maximum Gasteiger partial charge on any atom is 0.225 e. The van der Waals surface area contributed by atoms with E-state index in [0.29, 0.717) is 34.2 Å². The summed E-state index contributed by atoms with van der Waals surface area (Å²) in [6, 6.07) is 9.25. The predicted molar refractivity (Wildman–Crippen MR) is 93.3 cm³/mol. The molecule has 0 unspecified atom stereocenters. The molecule has 0 bridgehead atoms. The molecule has 3 aromatic rings. The highest BCUT2D eigenvalue weighted by Crippen LogP contribution is 2.33. The second-order valence-electron chi connectivity index (χ2n) is 5.28. The van der Waals surface area contributed by atoms with E-state index in [1.165, 1.54) is 0 Å². The Kier molecular flexibility index (Phi) is 4.33. The van der Waals surface area contributed by atoms with E-state index in [-0.39, 0.29) is 6.04 Å². The molecule has 0 amide bonds. The van der Waals surface area contributed by atoms with E-state index in [1.54, 1.807) is 32.5 Å². The van der Waals surface area contributed by atoms with Crippen molar-refractivity contribution in [2.75, 3.05) is 25.3 Å². The van der Waals surface area contributed by atoms with Crippen molar-refractivity contribution in [2.24, 2.45) is 0 Å². The van der Waals surface area contributed by atoms with Gasteiger partial charge in [-0.05, 0) is 25.1 Å². The molecule has 0 saturated heterocycles. The fraction of sp³-hybridized carbons (Fsp3) is 0.235. The largest absolute Gasteiger partial charge is 0.493 e.